The van der Waals surface area contributed by atoms with Crippen LogP contribution < -0.4 is 5.32 Å². The third kappa shape index (κ3) is 2.38. The number of hydrogen-bond acceptors (Lipinski definition) is 1. The third-order valence-corrected chi connectivity index (χ3v) is 2.56. The second-order valence-electron chi connectivity index (χ2n) is 3.39. The van der Waals surface area contributed by atoms with E-state index in [2.05, 4.69) is 5.32 Å². The molecule has 0 aromatic rings. The number of nitrogens with one attached hydrogen (secondary N) is 1. The summed E-state index contributed by atoms with van der Waals surface area (Å²) in [6, 6.07) is 0. The zero-order chi connectivity index (χ0) is 10.1. The Morgan fingerprint density at radius 3 is 2.38 bits per heavy atom. The van der Waals surface area contributed by atoms with Gasteiger partial charge in [0.15, 0.2) is 0 Å². The molecule has 1 nitrogen and oxygen atoms in total. The largest absolute Gasteiger partial charge is 0.406 e. The number of hydrogen-bond donors (Lipinski definition) is 1. The van der Waals surface area contributed by atoms with Gasteiger partial charge in [-0.3, -0.25) is 5.32 Å². The zero-order valence-electron chi connectivity index (χ0n) is 7.21. The second kappa shape index (κ2) is 3.50. The van der Waals surface area contributed by atoms with E-state index in [0.717, 1.165) is 0 Å². The van der Waals surface area contributed by atoms with E-state index < -0.39 is 11.7 Å². The van der Waals surface area contributed by atoms with Crippen molar-refractivity contribution in [3.63, 3.8) is 0 Å². The van der Waals surface area contributed by atoms with Crippen molar-refractivity contribution in [1.29, 1.82) is 0 Å². The Kier molecular flexibility index (Phi) is 2.92. The molecule has 0 heterocycles. The molecule has 0 bridgehead atoms. The van der Waals surface area contributed by atoms with Gasteiger partial charge in [0.25, 0.3) is 0 Å². The summed E-state index contributed by atoms with van der Waals surface area (Å²) in [6.45, 7) is 1.88. The van der Waals surface area contributed by atoms with Gasteiger partial charge >= 0.3 is 6.18 Å². The molecule has 1 saturated carbocycles. The minimum atomic E-state index is -4.14. The van der Waals surface area contributed by atoms with Gasteiger partial charge in [0.1, 0.15) is 5.54 Å². The van der Waals surface area contributed by atoms with Gasteiger partial charge in [-0.25, -0.2) is 0 Å². The SMILES string of the molecule is CC(=CCl)CNC1(C(F)(F)F)CC1. The van der Waals surface area contributed by atoms with Crippen LogP contribution in [0.2, 0.25) is 0 Å². The van der Waals surface area contributed by atoms with E-state index in [1.54, 1.807) is 6.92 Å². The molecule has 0 aromatic carbocycles. The van der Waals surface area contributed by atoms with E-state index >= 15 is 0 Å². The summed E-state index contributed by atoms with van der Waals surface area (Å²) in [6.07, 6.45) is -3.79. The standard InChI is InChI=1S/C8H11ClF3N/c1-6(4-9)5-13-7(2-3-7)8(10,11)12/h4,13H,2-3,5H2,1H3. The highest BCUT2D eigenvalue weighted by Gasteiger charge is 2.62. The molecule has 0 aromatic heterocycles. The Morgan fingerprint density at radius 1 is 1.54 bits per heavy atom. The molecular formula is C8H11ClF3N. The predicted molar refractivity (Wildman–Crippen MR) is 45.6 cm³/mol. The average molecular weight is 214 g/mol. The first-order valence-electron chi connectivity index (χ1n) is 3.99. The molecule has 1 N–H and O–H groups in total. The summed E-state index contributed by atoms with van der Waals surface area (Å²) in [5, 5.41) is 2.48. The fraction of sp³-hybridized carbons (Fsp3) is 0.750. The number of halogens is 4. The van der Waals surface area contributed by atoms with Gasteiger partial charge in [-0.1, -0.05) is 11.6 Å². The lowest BCUT2D eigenvalue weighted by Crippen LogP contribution is -2.45. The second-order valence-corrected chi connectivity index (χ2v) is 3.61. The summed E-state index contributed by atoms with van der Waals surface area (Å²) in [4.78, 5) is 0. The maximum atomic E-state index is 12.3. The normalized spacial score (nSPS) is 21.8. The minimum Gasteiger partial charge on any atom is -0.300 e. The van der Waals surface area contributed by atoms with Crippen LogP contribution in [0.25, 0.3) is 0 Å². The van der Waals surface area contributed by atoms with Crippen LogP contribution in [-0.4, -0.2) is 18.3 Å². The van der Waals surface area contributed by atoms with E-state index in [0.29, 0.717) is 5.57 Å². The van der Waals surface area contributed by atoms with Crippen LogP contribution in [0.3, 0.4) is 0 Å². The molecule has 1 aliphatic carbocycles. The summed E-state index contributed by atoms with van der Waals surface area (Å²) in [7, 11) is 0. The lowest BCUT2D eigenvalue weighted by Gasteiger charge is -2.20. The van der Waals surface area contributed by atoms with Crippen molar-refractivity contribution in [1.82, 2.24) is 5.32 Å². The van der Waals surface area contributed by atoms with Gasteiger partial charge in [-0.2, -0.15) is 13.2 Å². The minimum absolute atomic E-state index is 0.173. The summed E-state index contributed by atoms with van der Waals surface area (Å²) < 4.78 is 37.0. The molecule has 0 spiro atoms. The van der Waals surface area contributed by atoms with E-state index in [1.165, 1.54) is 5.54 Å². The summed E-state index contributed by atoms with van der Waals surface area (Å²) >= 11 is 5.33. The number of alkyl halides is 3. The van der Waals surface area contributed by atoms with E-state index in [4.69, 9.17) is 11.6 Å². The quantitative estimate of drug-likeness (QED) is 0.760. The highest BCUT2D eigenvalue weighted by molar-refractivity contribution is 6.25. The highest BCUT2D eigenvalue weighted by Crippen LogP contribution is 2.48. The van der Waals surface area contributed by atoms with Crippen LogP contribution in [0, 0.1) is 0 Å². The fourth-order valence-electron chi connectivity index (χ4n) is 1.03. The van der Waals surface area contributed by atoms with E-state index in [-0.39, 0.29) is 19.4 Å². The van der Waals surface area contributed by atoms with Gasteiger partial charge in [0, 0.05) is 12.1 Å². The topological polar surface area (TPSA) is 12.0 Å². The summed E-state index contributed by atoms with van der Waals surface area (Å²) in [5.74, 6) is 0. The summed E-state index contributed by atoms with van der Waals surface area (Å²) in [5.41, 5.74) is 0.366. The zero-order valence-corrected chi connectivity index (χ0v) is 7.97. The van der Waals surface area contributed by atoms with Crippen LogP contribution in [0.15, 0.2) is 11.1 Å². The first kappa shape index (κ1) is 10.9. The molecule has 76 valence electrons. The van der Waals surface area contributed by atoms with Gasteiger partial charge in [-0.15, -0.1) is 0 Å². The maximum Gasteiger partial charge on any atom is 0.406 e. The van der Waals surface area contributed by atoms with Crippen molar-refractivity contribution in [3.8, 4) is 0 Å². The Bertz CT molecular complexity index is 218. The van der Waals surface area contributed by atoms with Crippen molar-refractivity contribution in [2.24, 2.45) is 0 Å². The van der Waals surface area contributed by atoms with Crippen LogP contribution >= 0.6 is 11.6 Å². The van der Waals surface area contributed by atoms with E-state index in [9.17, 15) is 13.2 Å². The molecule has 0 saturated heterocycles. The van der Waals surface area contributed by atoms with Crippen molar-refractivity contribution in [3.05, 3.63) is 11.1 Å². The van der Waals surface area contributed by atoms with Gasteiger partial charge in [0.2, 0.25) is 0 Å². The lowest BCUT2D eigenvalue weighted by molar-refractivity contribution is -0.165. The maximum absolute atomic E-state index is 12.3. The van der Waals surface area contributed by atoms with Crippen LogP contribution in [0.4, 0.5) is 13.2 Å². The molecule has 0 radical (unpaired) electrons. The van der Waals surface area contributed by atoms with Crippen LogP contribution in [0.5, 0.6) is 0 Å². The van der Waals surface area contributed by atoms with Gasteiger partial charge in [0.05, 0.1) is 0 Å². The first-order chi connectivity index (χ1) is 5.91. The van der Waals surface area contributed by atoms with Crippen molar-refractivity contribution in [2.45, 2.75) is 31.5 Å². The molecule has 0 amide bonds. The molecule has 0 aliphatic heterocycles. The van der Waals surface area contributed by atoms with Crippen LogP contribution in [-0.2, 0) is 0 Å². The molecule has 5 heteroatoms. The fourth-order valence-corrected chi connectivity index (χ4v) is 1.11. The highest BCUT2D eigenvalue weighted by atomic mass is 35.5. The van der Waals surface area contributed by atoms with E-state index in [1.807, 2.05) is 0 Å². The molecule has 13 heavy (non-hydrogen) atoms. The predicted octanol–water partition coefficient (Wildman–Crippen LogP) is 2.81. The monoisotopic (exact) mass is 213 g/mol. The first-order valence-corrected chi connectivity index (χ1v) is 4.42. The Morgan fingerprint density at radius 2 is 2.08 bits per heavy atom. The van der Waals surface area contributed by atoms with Gasteiger partial charge in [-0.05, 0) is 25.3 Å². The Balaban J connectivity index is 2.46. The van der Waals surface area contributed by atoms with Crippen molar-refractivity contribution in [2.75, 3.05) is 6.54 Å². The smallest absolute Gasteiger partial charge is 0.300 e. The molecule has 1 fully saturated rings. The number of rotatable bonds is 3. The molecule has 0 atom stereocenters. The van der Waals surface area contributed by atoms with Crippen molar-refractivity contribution >= 4 is 11.6 Å². The Labute approximate surface area is 79.9 Å². The van der Waals surface area contributed by atoms with Crippen molar-refractivity contribution < 1.29 is 13.2 Å². The molecule has 1 rings (SSSR count). The Hall–Kier alpha value is -0.220. The molecule has 1 aliphatic rings. The average Bonchev–Trinajstić information content (AvgIpc) is 2.79. The molecular weight excluding hydrogens is 203 g/mol. The van der Waals surface area contributed by atoms with Crippen LogP contribution in [0.1, 0.15) is 19.8 Å². The van der Waals surface area contributed by atoms with Gasteiger partial charge < -0.3 is 0 Å². The third-order valence-electron chi connectivity index (χ3n) is 2.18. The lowest BCUT2D eigenvalue weighted by atomic mass is 10.2. The molecule has 0 unspecified atom stereocenters.